The first-order valence-corrected chi connectivity index (χ1v) is 13.4. The minimum atomic E-state index is 0.0648. The highest BCUT2D eigenvalue weighted by atomic mass is 79.9. The average molecular weight is 600 g/mol. The molecule has 0 bridgehead atoms. The number of aromatic hydroxyl groups is 1. The van der Waals surface area contributed by atoms with E-state index in [-0.39, 0.29) is 11.2 Å². The van der Waals surface area contributed by atoms with E-state index in [1.807, 2.05) is 12.1 Å². The van der Waals surface area contributed by atoms with Crippen molar-refractivity contribution >= 4 is 64.4 Å². The van der Waals surface area contributed by atoms with E-state index in [1.165, 1.54) is 10.9 Å². The number of hydrogen-bond acceptors (Lipinski definition) is 2. The Hall–Kier alpha value is -3.15. The Morgan fingerprint density at radius 3 is 1.89 bits per heavy atom. The summed E-state index contributed by atoms with van der Waals surface area (Å²) < 4.78 is 4.29. The highest BCUT2D eigenvalue weighted by Gasteiger charge is 2.21. The SMILES string of the molecule is CC(C)(C)c1ccc(-n2c(-c3ccc(O)cc3)nc3c4cc(Br)ccc4c4ccc(Br)cc4c32)cc1. The molecular weight excluding hydrogens is 576 g/mol. The Bertz CT molecular complexity index is 1780. The van der Waals surface area contributed by atoms with Gasteiger partial charge in [-0.1, -0.05) is 76.9 Å². The van der Waals surface area contributed by atoms with Crippen LogP contribution in [0.25, 0.3) is 49.7 Å². The molecular formula is C31H24Br2N2O. The van der Waals surface area contributed by atoms with Crippen LogP contribution in [-0.4, -0.2) is 14.7 Å². The number of aromatic nitrogens is 2. The summed E-state index contributed by atoms with van der Waals surface area (Å²) in [5.74, 6) is 1.07. The van der Waals surface area contributed by atoms with Crippen molar-refractivity contribution in [1.29, 1.82) is 0 Å². The molecule has 0 aliphatic rings. The Labute approximate surface area is 226 Å². The number of nitrogens with zero attached hydrogens (tertiary/aromatic N) is 2. The van der Waals surface area contributed by atoms with Gasteiger partial charge in [0.1, 0.15) is 11.6 Å². The minimum absolute atomic E-state index is 0.0648. The maximum absolute atomic E-state index is 9.94. The van der Waals surface area contributed by atoms with Crippen molar-refractivity contribution in [2.75, 3.05) is 0 Å². The van der Waals surface area contributed by atoms with Gasteiger partial charge in [0.05, 0.1) is 11.0 Å². The van der Waals surface area contributed by atoms with Gasteiger partial charge in [0.2, 0.25) is 0 Å². The lowest BCUT2D eigenvalue weighted by molar-refractivity contribution is 0.475. The van der Waals surface area contributed by atoms with E-state index >= 15 is 0 Å². The van der Waals surface area contributed by atoms with Crippen molar-refractivity contribution in [3.8, 4) is 22.8 Å². The van der Waals surface area contributed by atoms with Gasteiger partial charge in [-0.3, -0.25) is 4.57 Å². The maximum atomic E-state index is 9.94. The van der Waals surface area contributed by atoms with Crippen molar-refractivity contribution in [1.82, 2.24) is 9.55 Å². The summed E-state index contributed by atoms with van der Waals surface area (Å²) in [5.41, 5.74) is 5.33. The van der Waals surface area contributed by atoms with Crippen molar-refractivity contribution in [2.45, 2.75) is 26.2 Å². The van der Waals surface area contributed by atoms with Crippen LogP contribution in [0.5, 0.6) is 5.75 Å². The molecule has 0 fully saturated rings. The van der Waals surface area contributed by atoms with Gasteiger partial charge in [-0.2, -0.15) is 0 Å². The standard InChI is InChI=1S/C31H24Br2N2O/c1-31(2,3)19-6-10-22(11-7-19)35-29-27-17-21(33)9-15-25(27)24-14-8-20(32)16-26(24)28(29)34-30(35)18-4-12-23(36)13-5-18/h4-17,36H,1-3H3. The van der Waals surface area contributed by atoms with Gasteiger partial charge in [0.15, 0.2) is 0 Å². The first-order chi connectivity index (χ1) is 17.2. The number of rotatable bonds is 2. The molecule has 0 atom stereocenters. The minimum Gasteiger partial charge on any atom is -0.508 e. The zero-order valence-corrected chi connectivity index (χ0v) is 23.4. The Balaban J connectivity index is 1.80. The fourth-order valence-corrected chi connectivity index (χ4v) is 5.64. The van der Waals surface area contributed by atoms with Crippen molar-refractivity contribution in [3.63, 3.8) is 0 Å². The number of imidazole rings is 1. The molecule has 5 heteroatoms. The molecule has 1 heterocycles. The van der Waals surface area contributed by atoms with E-state index in [0.717, 1.165) is 53.2 Å². The fourth-order valence-electron chi connectivity index (χ4n) is 4.92. The average Bonchev–Trinajstić information content (AvgIpc) is 3.25. The normalized spacial score (nSPS) is 12.1. The lowest BCUT2D eigenvalue weighted by Crippen LogP contribution is -2.11. The van der Waals surface area contributed by atoms with Gasteiger partial charge in [-0.05, 0) is 82.4 Å². The molecule has 0 unspecified atom stereocenters. The number of halogens is 2. The first kappa shape index (κ1) is 23.3. The topological polar surface area (TPSA) is 38.0 Å². The number of phenols is 1. The summed E-state index contributed by atoms with van der Waals surface area (Å²) in [6, 6.07) is 28.9. The molecule has 0 saturated carbocycles. The van der Waals surface area contributed by atoms with E-state index in [9.17, 15) is 5.11 Å². The number of phenolic OH excluding ortho intramolecular Hbond substituents is 1. The molecule has 0 saturated heterocycles. The molecule has 6 rings (SSSR count). The van der Waals surface area contributed by atoms with Crippen molar-refractivity contribution in [3.05, 3.63) is 99.4 Å². The Morgan fingerprint density at radius 2 is 1.28 bits per heavy atom. The maximum Gasteiger partial charge on any atom is 0.145 e. The first-order valence-electron chi connectivity index (χ1n) is 11.8. The second-order valence-corrected chi connectivity index (χ2v) is 12.0. The number of hydrogen-bond donors (Lipinski definition) is 1. The molecule has 36 heavy (non-hydrogen) atoms. The van der Waals surface area contributed by atoms with E-state index in [4.69, 9.17) is 4.98 Å². The zero-order chi connectivity index (χ0) is 25.2. The predicted octanol–water partition coefficient (Wildman–Crippen LogP) is 9.53. The largest absolute Gasteiger partial charge is 0.508 e. The molecule has 1 aromatic heterocycles. The number of fused-ring (bicyclic) bond motifs is 6. The molecule has 5 aromatic carbocycles. The van der Waals surface area contributed by atoms with E-state index < -0.39 is 0 Å². The molecule has 0 spiro atoms. The van der Waals surface area contributed by atoms with Crippen LogP contribution in [0, 0.1) is 0 Å². The van der Waals surface area contributed by atoms with Crippen LogP contribution in [0.15, 0.2) is 93.9 Å². The third-order valence-electron chi connectivity index (χ3n) is 6.76. The predicted molar refractivity (Wildman–Crippen MR) is 157 cm³/mol. The van der Waals surface area contributed by atoms with Gasteiger partial charge in [0.25, 0.3) is 0 Å². The summed E-state index contributed by atoms with van der Waals surface area (Å²) >= 11 is 7.37. The van der Waals surface area contributed by atoms with E-state index in [1.54, 1.807) is 12.1 Å². The Morgan fingerprint density at radius 1 is 0.694 bits per heavy atom. The number of benzene rings is 5. The fraction of sp³-hybridized carbons (Fsp3) is 0.129. The van der Waals surface area contributed by atoms with Crippen LogP contribution in [0.2, 0.25) is 0 Å². The highest BCUT2D eigenvalue weighted by molar-refractivity contribution is 9.10. The highest BCUT2D eigenvalue weighted by Crippen LogP contribution is 2.41. The Kier molecular flexibility index (Phi) is 5.47. The summed E-state index contributed by atoms with van der Waals surface area (Å²) in [5, 5.41) is 14.5. The van der Waals surface area contributed by atoms with Crippen LogP contribution in [-0.2, 0) is 5.41 Å². The summed E-state index contributed by atoms with van der Waals surface area (Å²) in [6.45, 7) is 6.68. The monoisotopic (exact) mass is 598 g/mol. The van der Waals surface area contributed by atoms with Gasteiger partial charge < -0.3 is 5.11 Å². The zero-order valence-electron chi connectivity index (χ0n) is 20.2. The van der Waals surface area contributed by atoms with Crippen LogP contribution >= 0.6 is 31.9 Å². The van der Waals surface area contributed by atoms with Crippen LogP contribution in [0.4, 0.5) is 0 Å². The van der Waals surface area contributed by atoms with Crippen molar-refractivity contribution in [2.24, 2.45) is 0 Å². The molecule has 6 aromatic rings. The second kappa shape index (κ2) is 8.46. The van der Waals surface area contributed by atoms with E-state index in [2.05, 4.69) is 118 Å². The van der Waals surface area contributed by atoms with Gasteiger partial charge in [-0.15, -0.1) is 0 Å². The van der Waals surface area contributed by atoms with Gasteiger partial charge >= 0.3 is 0 Å². The van der Waals surface area contributed by atoms with Crippen LogP contribution in [0.3, 0.4) is 0 Å². The molecule has 0 aliphatic heterocycles. The summed E-state index contributed by atoms with van der Waals surface area (Å²) in [4.78, 5) is 5.25. The molecule has 178 valence electrons. The van der Waals surface area contributed by atoms with Gasteiger partial charge in [0, 0.05) is 31.0 Å². The molecule has 3 nitrogen and oxygen atoms in total. The van der Waals surface area contributed by atoms with E-state index in [0.29, 0.717) is 0 Å². The van der Waals surface area contributed by atoms with Crippen LogP contribution < -0.4 is 0 Å². The van der Waals surface area contributed by atoms with Crippen molar-refractivity contribution < 1.29 is 5.11 Å². The lowest BCUT2D eigenvalue weighted by atomic mass is 9.87. The third-order valence-corrected chi connectivity index (χ3v) is 7.74. The molecule has 1 N–H and O–H groups in total. The quantitative estimate of drug-likeness (QED) is 0.201. The summed E-state index contributed by atoms with van der Waals surface area (Å²) in [6.07, 6.45) is 0. The van der Waals surface area contributed by atoms with Gasteiger partial charge in [-0.25, -0.2) is 4.98 Å². The molecule has 0 aliphatic carbocycles. The summed E-state index contributed by atoms with van der Waals surface area (Å²) in [7, 11) is 0. The smallest absolute Gasteiger partial charge is 0.145 e. The third kappa shape index (κ3) is 3.82. The molecule has 0 amide bonds. The second-order valence-electron chi connectivity index (χ2n) is 10.2. The molecule has 0 radical (unpaired) electrons. The van der Waals surface area contributed by atoms with Crippen LogP contribution in [0.1, 0.15) is 26.3 Å². The lowest BCUT2D eigenvalue weighted by Gasteiger charge is -2.20.